The fraction of sp³-hybridized carbons (Fsp3) is 0.750. The van der Waals surface area contributed by atoms with E-state index in [1.54, 1.807) is 4.31 Å². The minimum absolute atomic E-state index is 0.459. The van der Waals surface area contributed by atoms with E-state index in [1.807, 2.05) is 24.3 Å². The van der Waals surface area contributed by atoms with Crippen LogP contribution in [0, 0.1) is 0 Å². The molecule has 0 bridgehead atoms. The average Bonchev–Trinajstić information content (AvgIpc) is 3.00. The highest BCUT2D eigenvalue weighted by Crippen LogP contribution is 2.21. The highest BCUT2D eigenvalue weighted by atomic mass is 32.2. The Hall–Kier alpha value is -0.870. The summed E-state index contributed by atoms with van der Waals surface area (Å²) in [6.07, 6.45) is 18.8. The van der Waals surface area contributed by atoms with Gasteiger partial charge >= 0.3 is 0 Å². The van der Waals surface area contributed by atoms with Crippen LogP contribution in [0.25, 0.3) is 0 Å². The summed E-state index contributed by atoms with van der Waals surface area (Å²) in [5.74, 6) is 0. The SMILES string of the molecule is CCCCCCCCCCCCc1ccc(S(=O)(=O)N2CCCCCC2)cc1. The van der Waals surface area contributed by atoms with Crippen LogP contribution in [0.4, 0.5) is 0 Å². The Morgan fingerprint density at radius 2 is 1.21 bits per heavy atom. The minimum Gasteiger partial charge on any atom is -0.207 e. The zero-order chi connectivity index (χ0) is 20.1. The van der Waals surface area contributed by atoms with Crippen molar-refractivity contribution in [2.75, 3.05) is 13.1 Å². The van der Waals surface area contributed by atoms with Crippen molar-refractivity contribution in [2.45, 2.75) is 108 Å². The molecule has 1 saturated heterocycles. The molecule has 0 radical (unpaired) electrons. The third-order valence-electron chi connectivity index (χ3n) is 5.95. The largest absolute Gasteiger partial charge is 0.243 e. The first-order valence-corrected chi connectivity index (χ1v) is 13.2. The molecule has 1 heterocycles. The molecule has 4 heteroatoms. The topological polar surface area (TPSA) is 37.4 Å². The number of sulfonamides is 1. The van der Waals surface area contributed by atoms with E-state index >= 15 is 0 Å². The maximum absolute atomic E-state index is 12.8. The van der Waals surface area contributed by atoms with Crippen molar-refractivity contribution in [3.05, 3.63) is 29.8 Å². The van der Waals surface area contributed by atoms with Crippen LogP contribution in [0.15, 0.2) is 29.2 Å². The van der Waals surface area contributed by atoms with Crippen LogP contribution in [0.3, 0.4) is 0 Å². The number of unbranched alkanes of at least 4 members (excludes halogenated alkanes) is 9. The van der Waals surface area contributed by atoms with E-state index in [0.29, 0.717) is 18.0 Å². The molecule has 0 spiro atoms. The molecule has 1 aliphatic heterocycles. The fourth-order valence-electron chi connectivity index (χ4n) is 4.08. The molecule has 1 aromatic rings. The van der Waals surface area contributed by atoms with Gasteiger partial charge in [-0.25, -0.2) is 8.42 Å². The Bertz CT molecular complexity index is 617. The first-order valence-electron chi connectivity index (χ1n) is 11.7. The molecule has 0 unspecified atom stereocenters. The van der Waals surface area contributed by atoms with Crippen molar-refractivity contribution in [2.24, 2.45) is 0 Å². The van der Waals surface area contributed by atoms with Gasteiger partial charge in [0.1, 0.15) is 0 Å². The third-order valence-corrected chi connectivity index (χ3v) is 7.86. The average molecular weight is 408 g/mol. The number of nitrogens with zero attached hydrogens (tertiary/aromatic N) is 1. The maximum atomic E-state index is 12.8. The molecule has 28 heavy (non-hydrogen) atoms. The normalized spacial score (nSPS) is 16.2. The van der Waals surface area contributed by atoms with Crippen LogP contribution in [0.5, 0.6) is 0 Å². The van der Waals surface area contributed by atoms with E-state index in [1.165, 1.54) is 69.8 Å². The van der Waals surface area contributed by atoms with Gasteiger partial charge in [-0.15, -0.1) is 0 Å². The maximum Gasteiger partial charge on any atom is 0.243 e. The molecule has 0 aliphatic carbocycles. The van der Waals surface area contributed by atoms with Gasteiger partial charge in [0.2, 0.25) is 10.0 Å². The number of benzene rings is 1. The predicted molar refractivity (Wildman–Crippen MR) is 119 cm³/mol. The predicted octanol–water partition coefficient (Wildman–Crippen LogP) is 6.71. The Balaban J connectivity index is 1.65. The Morgan fingerprint density at radius 3 is 1.75 bits per heavy atom. The van der Waals surface area contributed by atoms with Gasteiger partial charge in [0.15, 0.2) is 0 Å². The lowest BCUT2D eigenvalue weighted by Gasteiger charge is -2.20. The third kappa shape index (κ3) is 8.24. The molecular weight excluding hydrogens is 366 g/mol. The lowest BCUT2D eigenvalue weighted by molar-refractivity contribution is 0.423. The smallest absolute Gasteiger partial charge is 0.207 e. The number of hydrogen-bond donors (Lipinski definition) is 0. The van der Waals surface area contributed by atoms with Crippen molar-refractivity contribution in [3.63, 3.8) is 0 Å². The Kier molecular flexibility index (Phi) is 11.2. The molecule has 1 aliphatic rings. The standard InChI is InChI=1S/C24H41NO2S/c1-2-3-4-5-6-7-8-9-10-13-16-23-17-19-24(20-18-23)28(26,27)25-21-14-11-12-15-22-25/h17-20H,2-16,21-22H2,1H3. The molecular formula is C24H41NO2S. The van der Waals surface area contributed by atoms with E-state index in [-0.39, 0.29) is 0 Å². The summed E-state index contributed by atoms with van der Waals surface area (Å²) in [6, 6.07) is 7.65. The van der Waals surface area contributed by atoms with E-state index in [2.05, 4.69) is 6.92 Å². The summed E-state index contributed by atoms with van der Waals surface area (Å²) in [6.45, 7) is 3.60. The molecule has 0 atom stereocenters. The molecule has 3 nitrogen and oxygen atoms in total. The Labute approximate surface area is 174 Å². The summed E-state index contributed by atoms with van der Waals surface area (Å²) < 4.78 is 27.3. The molecule has 0 N–H and O–H groups in total. The van der Waals surface area contributed by atoms with Crippen molar-refractivity contribution >= 4 is 10.0 Å². The van der Waals surface area contributed by atoms with E-state index < -0.39 is 10.0 Å². The van der Waals surface area contributed by atoms with Gasteiger partial charge in [0, 0.05) is 13.1 Å². The van der Waals surface area contributed by atoms with Crippen LogP contribution >= 0.6 is 0 Å². The van der Waals surface area contributed by atoms with Gasteiger partial charge in [-0.05, 0) is 43.4 Å². The summed E-state index contributed by atoms with van der Waals surface area (Å²) in [5, 5.41) is 0. The summed E-state index contributed by atoms with van der Waals surface area (Å²) >= 11 is 0. The highest BCUT2D eigenvalue weighted by molar-refractivity contribution is 7.89. The second-order valence-corrected chi connectivity index (χ2v) is 10.3. The first-order chi connectivity index (χ1) is 13.6. The summed E-state index contributed by atoms with van der Waals surface area (Å²) in [5.41, 5.74) is 1.26. The first kappa shape index (κ1) is 23.4. The monoisotopic (exact) mass is 407 g/mol. The summed E-state index contributed by atoms with van der Waals surface area (Å²) in [7, 11) is -3.31. The lowest BCUT2D eigenvalue weighted by atomic mass is 10.0. The van der Waals surface area contributed by atoms with Gasteiger partial charge in [-0.2, -0.15) is 4.31 Å². The highest BCUT2D eigenvalue weighted by Gasteiger charge is 2.24. The van der Waals surface area contributed by atoms with E-state index in [4.69, 9.17) is 0 Å². The zero-order valence-corrected chi connectivity index (χ0v) is 18.8. The van der Waals surface area contributed by atoms with Crippen molar-refractivity contribution in [1.82, 2.24) is 4.31 Å². The number of rotatable bonds is 13. The molecule has 1 fully saturated rings. The summed E-state index contributed by atoms with van der Waals surface area (Å²) in [4.78, 5) is 0.459. The van der Waals surface area contributed by atoms with Crippen molar-refractivity contribution < 1.29 is 8.42 Å². The minimum atomic E-state index is -3.31. The van der Waals surface area contributed by atoms with Gasteiger partial charge in [-0.1, -0.05) is 89.7 Å². The van der Waals surface area contributed by atoms with E-state index in [9.17, 15) is 8.42 Å². The van der Waals surface area contributed by atoms with Crippen LogP contribution in [0.1, 0.15) is 102 Å². The van der Waals surface area contributed by atoms with Gasteiger partial charge in [0.25, 0.3) is 0 Å². The molecule has 2 rings (SSSR count). The lowest BCUT2D eigenvalue weighted by Crippen LogP contribution is -2.31. The van der Waals surface area contributed by atoms with Crippen molar-refractivity contribution in [3.8, 4) is 0 Å². The molecule has 160 valence electrons. The zero-order valence-electron chi connectivity index (χ0n) is 18.0. The van der Waals surface area contributed by atoms with Gasteiger partial charge in [-0.3, -0.25) is 0 Å². The van der Waals surface area contributed by atoms with E-state index in [0.717, 1.165) is 32.1 Å². The van der Waals surface area contributed by atoms with Crippen molar-refractivity contribution in [1.29, 1.82) is 0 Å². The van der Waals surface area contributed by atoms with Crippen LogP contribution in [0.2, 0.25) is 0 Å². The fourth-order valence-corrected chi connectivity index (χ4v) is 5.59. The Morgan fingerprint density at radius 1 is 0.714 bits per heavy atom. The van der Waals surface area contributed by atoms with Gasteiger partial charge in [0.05, 0.1) is 4.90 Å². The molecule has 0 aromatic heterocycles. The number of hydrogen-bond acceptors (Lipinski definition) is 2. The second-order valence-electron chi connectivity index (χ2n) is 8.39. The molecule has 1 aromatic carbocycles. The molecule has 0 amide bonds. The second kappa shape index (κ2) is 13.4. The number of aryl methyl sites for hydroxylation is 1. The molecule has 0 saturated carbocycles. The van der Waals surface area contributed by atoms with Gasteiger partial charge < -0.3 is 0 Å². The van der Waals surface area contributed by atoms with Crippen LogP contribution in [-0.4, -0.2) is 25.8 Å². The van der Waals surface area contributed by atoms with Crippen LogP contribution in [-0.2, 0) is 16.4 Å². The van der Waals surface area contributed by atoms with Crippen LogP contribution < -0.4 is 0 Å². The quantitative estimate of drug-likeness (QED) is 0.341.